The Labute approximate surface area is 156 Å². The summed E-state index contributed by atoms with van der Waals surface area (Å²) in [5, 5.41) is 11.3. The largest absolute Gasteiger partial charge is 0.497 e. The molecule has 3 aromatic rings. The SMILES string of the molecule is COc1ccc(Cc2nnc(SCC(=O)NCc3ccccc3)o2)cc1. The molecule has 1 N–H and O–H groups in total. The van der Waals surface area contributed by atoms with E-state index in [0.717, 1.165) is 16.9 Å². The van der Waals surface area contributed by atoms with Crippen molar-refractivity contribution in [2.45, 2.75) is 18.2 Å². The molecule has 1 heterocycles. The monoisotopic (exact) mass is 369 g/mol. The van der Waals surface area contributed by atoms with Crippen LogP contribution >= 0.6 is 11.8 Å². The van der Waals surface area contributed by atoms with Crippen molar-refractivity contribution in [2.24, 2.45) is 0 Å². The van der Waals surface area contributed by atoms with Gasteiger partial charge in [-0.15, -0.1) is 10.2 Å². The van der Waals surface area contributed by atoms with E-state index >= 15 is 0 Å². The molecule has 26 heavy (non-hydrogen) atoms. The fourth-order valence-electron chi connectivity index (χ4n) is 2.26. The summed E-state index contributed by atoms with van der Waals surface area (Å²) in [6, 6.07) is 17.4. The molecule has 0 atom stereocenters. The lowest BCUT2D eigenvalue weighted by Gasteiger charge is -2.03. The maximum absolute atomic E-state index is 11.9. The maximum Gasteiger partial charge on any atom is 0.277 e. The lowest BCUT2D eigenvalue weighted by molar-refractivity contribution is -0.118. The lowest BCUT2D eigenvalue weighted by Crippen LogP contribution is -2.24. The second-order valence-electron chi connectivity index (χ2n) is 5.54. The number of carbonyl (C=O) groups excluding carboxylic acids is 1. The summed E-state index contributed by atoms with van der Waals surface area (Å²) >= 11 is 1.23. The van der Waals surface area contributed by atoms with Crippen LogP contribution in [0.5, 0.6) is 5.75 Å². The van der Waals surface area contributed by atoms with Crippen molar-refractivity contribution >= 4 is 17.7 Å². The summed E-state index contributed by atoms with van der Waals surface area (Å²) in [5.41, 5.74) is 2.11. The Morgan fingerprint density at radius 1 is 1.08 bits per heavy atom. The molecule has 0 saturated heterocycles. The molecule has 0 aliphatic carbocycles. The van der Waals surface area contributed by atoms with Gasteiger partial charge in [0.25, 0.3) is 5.22 Å². The summed E-state index contributed by atoms with van der Waals surface area (Å²) in [6.07, 6.45) is 0.539. The Balaban J connectivity index is 1.45. The van der Waals surface area contributed by atoms with Crippen molar-refractivity contribution in [1.29, 1.82) is 0 Å². The van der Waals surface area contributed by atoms with Crippen LogP contribution in [0.25, 0.3) is 0 Å². The minimum Gasteiger partial charge on any atom is -0.497 e. The average Bonchev–Trinajstić information content (AvgIpc) is 3.13. The molecule has 0 aliphatic heterocycles. The van der Waals surface area contributed by atoms with Gasteiger partial charge < -0.3 is 14.5 Å². The first-order chi connectivity index (χ1) is 12.7. The predicted molar refractivity (Wildman–Crippen MR) is 99.1 cm³/mol. The fraction of sp³-hybridized carbons (Fsp3) is 0.211. The molecule has 3 rings (SSSR count). The van der Waals surface area contributed by atoms with Gasteiger partial charge in [-0.2, -0.15) is 0 Å². The Kier molecular flexibility index (Phi) is 6.27. The van der Waals surface area contributed by atoms with Crippen LogP contribution in [-0.4, -0.2) is 29.0 Å². The van der Waals surface area contributed by atoms with Crippen LogP contribution in [0.4, 0.5) is 0 Å². The highest BCUT2D eigenvalue weighted by atomic mass is 32.2. The molecule has 0 saturated carbocycles. The minimum absolute atomic E-state index is 0.0752. The highest BCUT2D eigenvalue weighted by Gasteiger charge is 2.10. The van der Waals surface area contributed by atoms with E-state index in [2.05, 4.69) is 15.5 Å². The van der Waals surface area contributed by atoms with Crippen molar-refractivity contribution in [3.8, 4) is 5.75 Å². The van der Waals surface area contributed by atoms with E-state index in [1.807, 2.05) is 54.6 Å². The number of amides is 1. The number of benzene rings is 2. The highest BCUT2D eigenvalue weighted by Crippen LogP contribution is 2.19. The highest BCUT2D eigenvalue weighted by molar-refractivity contribution is 7.99. The summed E-state index contributed by atoms with van der Waals surface area (Å²) in [4.78, 5) is 11.9. The van der Waals surface area contributed by atoms with E-state index in [4.69, 9.17) is 9.15 Å². The van der Waals surface area contributed by atoms with E-state index < -0.39 is 0 Å². The van der Waals surface area contributed by atoms with Crippen LogP contribution in [0, 0.1) is 0 Å². The van der Waals surface area contributed by atoms with Gasteiger partial charge in [-0.25, -0.2) is 0 Å². The number of nitrogens with zero attached hydrogens (tertiary/aromatic N) is 2. The van der Waals surface area contributed by atoms with E-state index in [1.165, 1.54) is 11.8 Å². The van der Waals surface area contributed by atoms with E-state index in [0.29, 0.717) is 24.1 Å². The van der Waals surface area contributed by atoms with Crippen LogP contribution < -0.4 is 10.1 Å². The molecule has 0 unspecified atom stereocenters. The molecule has 0 spiro atoms. The van der Waals surface area contributed by atoms with Gasteiger partial charge in [0.15, 0.2) is 0 Å². The molecule has 0 aliphatic rings. The number of hydrogen-bond acceptors (Lipinski definition) is 6. The fourth-order valence-corrected chi connectivity index (χ4v) is 2.87. The molecule has 2 aromatic carbocycles. The van der Waals surface area contributed by atoms with Gasteiger partial charge in [0.1, 0.15) is 5.75 Å². The summed E-state index contributed by atoms with van der Waals surface area (Å²) in [5.74, 6) is 1.48. The molecule has 1 aromatic heterocycles. The van der Waals surface area contributed by atoms with Gasteiger partial charge in [0.2, 0.25) is 11.8 Å². The quantitative estimate of drug-likeness (QED) is 0.615. The Morgan fingerprint density at radius 2 is 1.85 bits per heavy atom. The first-order valence-corrected chi connectivity index (χ1v) is 9.10. The van der Waals surface area contributed by atoms with E-state index in [1.54, 1.807) is 7.11 Å². The second kappa shape index (κ2) is 9.05. The normalized spacial score (nSPS) is 10.5. The molecular formula is C19H19N3O3S. The van der Waals surface area contributed by atoms with Gasteiger partial charge in [0.05, 0.1) is 19.3 Å². The zero-order valence-electron chi connectivity index (χ0n) is 14.3. The van der Waals surface area contributed by atoms with Crippen molar-refractivity contribution < 1.29 is 13.9 Å². The Morgan fingerprint density at radius 3 is 2.58 bits per heavy atom. The minimum atomic E-state index is -0.0752. The molecule has 0 fully saturated rings. The Bertz CT molecular complexity index is 835. The smallest absolute Gasteiger partial charge is 0.277 e. The third-order valence-electron chi connectivity index (χ3n) is 3.62. The summed E-state index contributed by atoms with van der Waals surface area (Å²) < 4.78 is 10.7. The molecular weight excluding hydrogens is 350 g/mol. The van der Waals surface area contributed by atoms with Gasteiger partial charge >= 0.3 is 0 Å². The number of rotatable bonds is 8. The number of ether oxygens (including phenoxy) is 1. The number of hydrogen-bond donors (Lipinski definition) is 1. The van der Waals surface area contributed by atoms with Crippen LogP contribution in [-0.2, 0) is 17.8 Å². The van der Waals surface area contributed by atoms with Crippen molar-refractivity contribution in [3.63, 3.8) is 0 Å². The molecule has 1 amide bonds. The zero-order valence-corrected chi connectivity index (χ0v) is 15.2. The van der Waals surface area contributed by atoms with Gasteiger partial charge in [-0.3, -0.25) is 4.79 Å². The van der Waals surface area contributed by atoms with Gasteiger partial charge in [-0.05, 0) is 23.3 Å². The van der Waals surface area contributed by atoms with Gasteiger partial charge in [-0.1, -0.05) is 54.2 Å². The van der Waals surface area contributed by atoms with E-state index in [9.17, 15) is 4.79 Å². The first kappa shape index (κ1) is 18.0. The third kappa shape index (κ3) is 5.35. The third-order valence-corrected chi connectivity index (χ3v) is 4.44. The van der Waals surface area contributed by atoms with Crippen molar-refractivity contribution in [3.05, 3.63) is 71.6 Å². The maximum atomic E-state index is 11.9. The topological polar surface area (TPSA) is 77.2 Å². The van der Waals surface area contributed by atoms with Crippen LogP contribution in [0.2, 0.25) is 0 Å². The number of thioether (sulfide) groups is 1. The van der Waals surface area contributed by atoms with Crippen molar-refractivity contribution in [1.82, 2.24) is 15.5 Å². The molecule has 0 radical (unpaired) electrons. The lowest BCUT2D eigenvalue weighted by atomic mass is 10.1. The van der Waals surface area contributed by atoms with Crippen molar-refractivity contribution in [2.75, 3.05) is 12.9 Å². The number of carbonyl (C=O) groups is 1. The number of aromatic nitrogens is 2. The van der Waals surface area contributed by atoms with Crippen LogP contribution in [0.1, 0.15) is 17.0 Å². The first-order valence-electron chi connectivity index (χ1n) is 8.11. The van der Waals surface area contributed by atoms with Crippen LogP contribution in [0.3, 0.4) is 0 Å². The molecule has 7 heteroatoms. The second-order valence-corrected chi connectivity index (χ2v) is 6.46. The Hall–Kier alpha value is -2.80. The number of nitrogens with one attached hydrogen (secondary N) is 1. The standard InChI is InChI=1S/C19H19N3O3S/c1-24-16-9-7-14(8-10-16)11-18-21-22-19(25-18)26-13-17(23)20-12-15-5-3-2-4-6-15/h2-10H,11-13H2,1H3,(H,20,23). The molecule has 0 bridgehead atoms. The van der Waals surface area contributed by atoms with E-state index in [-0.39, 0.29) is 11.7 Å². The molecule has 6 nitrogen and oxygen atoms in total. The summed E-state index contributed by atoms with van der Waals surface area (Å²) in [6.45, 7) is 0.507. The van der Waals surface area contributed by atoms with Crippen LogP contribution in [0.15, 0.2) is 64.2 Å². The molecule has 134 valence electrons. The zero-order chi connectivity index (χ0) is 18.2. The average molecular weight is 369 g/mol. The number of methoxy groups -OCH3 is 1. The summed E-state index contributed by atoms with van der Waals surface area (Å²) in [7, 11) is 1.63. The predicted octanol–water partition coefficient (Wildman–Crippen LogP) is 3.08. The van der Waals surface area contributed by atoms with Gasteiger partial charge in [0, 0.05) is 6.54 Å².